The molecule has 186 valence electrons. The molecule has 2 aliphatic heterocycles. The number of piperidine rings is 1. The van der Waals surface area contributed by atoms with Crippen molar-refractivity contribution in [1.82, 2.24) is 19.9 Å². The van der Waals surface area contributed by atoms with Crippen LogP contribution in [0.25, 0.3) is 32.9 Å². The highest BCUT2D eigenvalue weighted by Gasteiger charge is 2.48. The summed E-state index contributed by atoms with van der Waals surface area (Å²) in [6, 6.07) is 10.0. The van der Waals surface area contributed by atoms with E-state index in [9.17, 15) is 9.90 Å². The summed E-state index contributed by atoms with van der Waals surface area (Å²) in [6.45, 7) is 2.27. The number of rotatable bonds is 4. The predicted molar refractivity (Wildman–Crippen MR) is 139 cm³/mol. The summed E-state index contributed by atoms with van der Waals surface area (Å²) in [7, 11) is 3.48. The highest BCUT2D eigenvalue weighted by Crippen LogP contribution is 2.43. The van der Waals surface area contributed by atoms with Crippen LogP contribution in [0.5, 0.6) is 5.88 Å². The van der Waals surface area contributed by atoms with Crippen molar-refractivity contribution in [2.45, 2.75) is 25.5 Å². The molecule has 2 aliphatic rings. The molecule has 0 bridgehead atoms. The first-order chi connectivity index (χ1) is 17.4. The van der Waals surface area contributed by atoms with Gasteiger partial charge in [0.1, 0.15) is 12.0 Å². The standard InChI is InChI=1S/C27H30N6O3/c1-32-11-9-27(26(32)35)8-3-10-33(15-27)25-22-18-6-4-16(17-5-7-21(36-2)29-13-17)12-20(18)31-23(22)19(14-30-25)24(28)34/h4-7,12-14,24,31,34H,3,8-11,15,28H2,1-2H3/t24?,27-/m1/s1. The fraction of sp³-hybridized carbons (Fsp3) is 0.370. The number of aromatic amines is 1. The van der Waals surface area contributed by atoms with Gasteiger partial charge in [-0.2, -0.15) is 0 Å². The lowest BCUT2D eigenvalue weighted by atomic mass is 9.78. The Morgan fingerprint density at radius 1 is 1.14 bits per heavy atom. The number of H-pyrrole nitrogens is 1. The van der Waals surface area contributed by atoms with E-state index in [1.807, 2.05) is 24.1 Å². The second-order valence-electron chi connectivity index (χ2n) is 9.99. The molecule has 1 spiro atoms. The number of ether oxygens (including phenoxy) is 1. The molecule has 6 rings (SSSR count). The van der Waals surface area contributed by atoms with Gasteiger partial charge in [0.25, 0.3) is 0 Å². The Labute approximate surface area is 208 Å². The minimum absolute atomic E-state index is 0.231. The summed E-state index contributed by atoms with van der Waals surface area (Å²) >= 11 is 0. The van der Waals surface area contributed by atoms with Gasteiger partial charge in [0.05, 0.1) is 23.4 Å². The van der Waals surface area contributed by atoms with E-state index in [-0.39, 0.29) is 11.3 Å². The lowest BCUT2D eigenvalue weighted by Crippen LogP contribution is -2.47. The topological polar surface area (TPSA) is 121 Å². The number of amides is 1. The monoisotopic (exact) mass is 486 g/mol. The number of hydrogen-bond acceptors (Lipinski definition) is 7. The lowest BCUT2D eigenvalue weighted by Gasteiger charge is -2.39. The largest absolute Gasteiger partial charge is 0.481 e. The van der Waals surface area contributed by atoms with Crippen molar-refractivity contribution in [3.8, 4) is 17.0 Å². The molecule has 0 aliphatic carbocycles. The Kier molecular flexibility index (Phi) is 5.35. The SMILES string of the molecule is COc1ccc(-c2ccc3c(c2)[nH]c2c(C(N)O)cnc(N4CCC[C@@]5(CCN(C)C5=O)C4)c23)cn1. The van der Waals surface area contributed by atoms with Crippen LogP contribution in [0.1, 0.15) is 31.1 Å². The van der Waals surface area contributed by atoms with Crippen LogP contribution in [-0.4, -0.2) is 64.7 Å². The summed E-state index contributed by atoms with van der Waals surface area (Å²) in [4.78, 5) is 29.7. The number of hydrogen-bond donors (Lipinski definition) is 3. The van der Waals surface area contributed by atoms with E-state index in [4.69, 9.17) is 15.5 Å². The number of fused-ring (bicyclic) bond motifs is 3. The number of aromatic nitrogens is 3. The number of nitrogens with two attached hydrogens (primary N) is 1. The zero-order chi connectivity index (χ0) is 25.0. The van der Waals surface area contributed by atoms with Gasteiger partial charge < -0.3 is 30.4 Å². The number of benzene rings is 1. The first kappa shape index (κ1) is 22.8. The van der Waals surface area contributed by atoms with Gasteiger partial charge in [-0.15, -0.1) is 0 Å². The molecule has 9 nitrogen and oxygen atoms in total. The number of anilines is 1. The average Bonchev–Trinajstić information content (AvgIpc) is 3.41. The van der Waals surface area contributed by atoms with Crippen molar-refractivity contribution in [3.05, 3.63) is 48.3 Å². The van der Waals surface area contributed by atoms with Crippen molar-refractivity contribution in [1.29, 1.82) is 0 Å². The summed E-state index contributed by atoms with van der Waals surface area (Å²) in [5, 5.41) is 12.2. The van der Waals surface area contributed by atoms with Crippen LogP contribution < -0.4 is 15.4 Å². The maximum absolute atomic E-state index is 13.1. The van der Waals surface area contributed by atoms with Crippen LogP contribution in [-0.2, 0) is 4.79 Å². The Morgan fingerprint density at radius 2 is 1.97 bits per heavy atom. The number of nitrogens with one attached hydrogen (secondary N) is 1. The number of aliphatic hydroxyl groups is 1. The van der Waals surface area contributed by atoms with E-state index in [2.05, 4.69) is 33.1 Å². The highest BCUT2D eigenvalue weighted by molar-refractivity contribution is 6.14. The Hall–Kier alpha value is -3.69. The van der Waals surface area contributed by atoms with E-state index in [0.29, 0.717) is 18.0 Å². The summed E-state index contributed by atoms with van der Waals surface area (Å²) in [5.41, 5.74) is 9.76. The van der Waals surface area contributed by atoms with Crippen molar-refractivity contribution in [2.24, 2.45) is 11.1 Å². The Bertz CT molecular complexity index is 1460. The maximum Gasteiger partial charge on any atom is 0.230 e. The fourth-order valence-corrected chi connectivity index (χ4v) is 5.91. The van der Waals surface area contributed by atoms with Gasteiger partial charge in [0.2, 0.25) is 11.8 Å². The molecular weight excluding hydrogens is 456 g/mol. The number of carbonyl (C=O) groups excluding carboxylic acids is 1. The minimum atomic E-state index is -1.16. The maximum atomic E-state index is 13.1. The van der Waals surface area contributed by atoms with Gasteiger partial charge in [-0.25, -0.2) is 9.97 Å². The van der Waals surface area contributed by atoms with Crippen molar-refractivity contribution in [3.63, 3.8) is 0 Å². The first-order valence-electron chi connectivity index (χ1n) is 12.3. The van der Waals surface area contributed by atoms with Gasteiger partial charge in [0, 0.05) is 67.2 Å². The van der Waals surface area contributed by atoms with Crippen molar-refractivity contribution < 1.29 is 14.6 Å². The third kappa shape index (κ3) is 3.50. The zero-order valence-corrected chi connectivity index (χ0v) is 20.5. The number of aliphatic hydroxyl groups excluding tert-OH is 1. The van der Waals surface area contributed by atoms with Crippen molar-refractivity contribution in [2.75, 3.05) is 38.7 Å². The van der Waals surface area contributed by atoms with Crippen LogP contribution in [0.2, 0.25) is 0 Å². The van der Waals surface area contributed by atoms with Crippen LogP contribution in [0.4, 0.5) is 5.82 Å². The van der Waals surface area contributed by atoms with E-state index < -0.39 is 6.23 Å². The molecule has 9 heteroatoms. The lowest BCUT2D eigenvalue weighted by molar-refractivity contribution is -0.135. The van der Waals surface area contributed by atoms with Crippen LogP contribution in [0.15, 0.2) is 42.7 Å². The molecule has 1 aromatic carbocycles. The molecule has 1 amide bonds. The highest BCUT2D eigenvalue weighted by atomic mass is 16.5. The first-order valence-corrected chi connectivity index (χ1v) is 12.3. The number of nitrogens with zero attached hydrogens (tertiary/aromatic N) is 4. The minimum Gasteiger partial charge on any atom is -0.481 e. The second kappa shape index (κ2) is 8.46. The van der Waals surface area contributed by atoms with Crippen LogP contribution >= 0.6 is 0 Å². The van der Waals surface area contributed by atoms with E-state index >= 15 is 0 Å². The van der Waals surface area contributed by atoms with Gasteiger partial charge in [-0.05, 0) is 37.0 Å². The Balaban J connectivity index is 1.48. The molecular formula is C27H30N6O3. The van der Waals surface area contributed by atoms with Crippen LogP contribution in [0, 0.1) is 5.41 Å². The third-order valence-corrected chi connectivity index (χ3v) is 7.84. The van der Waals surface area contributed by atoms with Crippen molar-refractivity contribution >= 4 is 33.5 Å². The predicted octanol–water partition coefficient (Wildman–Crippen LogP) is 3.19. The number of pyridine rings is 2. The fourth-order valence-electron chi connectivity index (χ4n) is 5.91. The molecule has 0 radical (unpaired) electrons. The second-order valence-corrected chi connectivity index (χ2v) is 9.99. The normalized spacial score (nSPS) is 21.2. The third-order valence-electron chi connectivity index (χ3n) is 7.84. The molecule has 5 heterocycles. The summed E-state index contributed by atoms with van der Waals surface area (Å²) in [6.07, 6.45) is 4.98. The molecule has 36 heavy (non-hydrogen) atoms. The molecule has 2 fully saturated rings. The van der Waals surface area contributed by atoms with E-state index in [0.717, 1.165) is 71.1 Å². The number of methoxy groups -OCH3 is 1. The molecule has 4 N–H and O–H groups in total. The molecule has 4 aromatic rings. The van der Waals surface area contributed by atoms with E-state index in [1.54, 1.807) is 19.5 Å². The van der Waals surface area contributed by atoms with Gasteiger partial charge >= 0.3 is 0 Å². The molecule has 1 unspecified atom stereocenters. The van der Waals surface area contributed by atoms with Gasteiger partial charge in [-0.3, -0.25) is 4.79 Å². The molecule has 2 atom stereocenters. The van der Waals surface area contributed by atoms with Crippen LogP contribution in [0.3, 0.4) is 0 Å². The van der Waals surface area contributed by atoms with Gasteiger partial charge in [-0.1, -0.05) is 12.1 Å². The summed E-state index contributed by atoms with van der Waals surface area (Å²) < 4.78 is 5.18. The molecule has 3 aromatic heterocycles. The summed E-state index contributed by atoms with van der Waals surface area (Å²) in [5.74, 6) is 1.61. The zero-order valence-electron chi connectivity index (χ0n) is 20.5. The average molecular weight is 487 g/mol. The quantitative estimate of drug-likeness (QED) is 0.379. The molecule has 0 saturated carbocycles. The Morgan fingerprint density at radius 3 is 2.67 bits per heavy atom. The van der Waals surface area contributed by atoms with E-state index in [1.165, 1.54) is 0 Å². The van der Waals surface area contributed by atoms with Gasteiger partial charge in [0.15, 0.2) is 0 Å². The molecule has 2 saturated heterocycles. The number of likely N-dealkylation sites (tertiary alicyclic amines) is 1. The smallest absolute Gasteiger partial charge is 0.230 e. The number of carbonyl (C=O) groups is 1.